The van der Waals surface area contributed by atoms with Crippen LogP contribution in [0.4, 0.5) is 5.82 Å². The molecular weight excluding hydrogens is 226 g/mol. The van der Waals surface area contributed by atoms with Gasteiger partial charge in [-0.2, -0.15) is 11.8 Å². The van der Waals surface area contributed by atoms with Crippen LogP contribution in [0.5, 0.6) is 0 Å². The monoisotopic (exact) mass is 241 g/mol. The lowest BCUT2D eigenvalue weighted by atomic mass is 10.3. The Bertz CT molecular complexity index is 360. The number of nitrogen functional groups attached to an aromatic ring is 1. The Hall–Kier alpha value is -1.34. The smallest absolute Gasteiger partial charge is 0.271 e. The number of aromatic nitrogens is 2. The number of rotatable bonds is 5. The molecule has 1 aromatic rings. The van der Waals surface area contributed by atoms with Gasteiger partial charge in [0.1, 0.15) is 5.69 Å². The second kappa shape index (κ2) is 6.29. The van der Waals surface area contributed by atoms with Crippen molar-refractivity contribution in [1.29, 1.82) is 0 Å². The molecule has 1 atom stereocenters. The summed E-state index contributed by atoms with van der Waals surface area (Å²) in [6.45, 7) is 1.94. The van der Waals surface area contributed by atoms with Gasteiger partial charge in [-0.1, -0.05) is 0 Å². The minimum Gasteiger partial charge on any atom is -0.347 e. The minimum atomic E-state index is -0.244. The summed E-state index contributed by atoms with van der Waals surface area (Å²) in [6.07, 6.45) is 4.84. The summed E-state index contributed by atoms with van der Waals surface area (Å²) in [5.41, 5.74) is 2.60. The van der Waals surface area contributed by atoms with Gasteiger partial charge in [0.2, 0.25) is 0 Å². The fourth-order valence-electron chi connectivity index (χ4n) is 1.13. The zero-order valence-electron chi connectivity index (χ0n) is 9.23. The summed E-state index contributed by atoms with van der Waals surface area (Å²) in [6, 6.07) is 0.0961. The lowest BCUT2D eigenvalue weighted by molar-refractivity contribution is 0.0938. The zero-order valence-corrected chi connectivity index (χ0v) is 10.0. The number of anilines is 1. The van der Waals surface area contributed by atoms with Crippen molar-refractivity contribution in [2.45, 2.75) is 13.0 Å². The molecular formula is C9H15N5OS. The van der Waals surface area contributed by atoms with Gasteiger partial charge in [-0.3, -0.25) is 9.78 Å². The maximum absolute atomic E-state index is 11.7. The molecule has 0 saturated heterocycles. The predicted octanol–water partition coefficient (Wildman–Crippen LogP) is 0.243. The first-order valence-corrected chi connectivity index (χ1v) is 6.15. The van der Waals surface area contributed by atoms with Crippen LogP contribution in [0.25, 0.3) is 0 Å². The van der Waals surface area contributed by atoms with Crippen molar-refractivity contribution in [1.82, 2.24) is 15.3 Å². The topological polar surface area (TPSA) is 92.9 Å². The molecule has 7 heteroatoms. The van der Waals surface area contributed by atoms with Crippen LogP contribution in [0, 0.1) is 0 Å². The van der Waals surface area contributed by atoms with Crippen LogP contribution in [0.3, 0.4) is 0 Å². The second-order valence-electron chi connectivity index (χ2n) is 3.26. The Kier molecular flexibility index (Phi) is 5.00. The highest BCUT2D eigenvalue weighted by Crippen LogP contribution is 2.02. The van der Waals surface area contributed by atoms with Crippen molar-refractivity contribution in [3.8, 4) is 0 Å². The first-order valence-electron chi connectivity index (χ1n) is 4.75. The van der Waals surface area contributed by atoms with E-state index in [9.17, 15) is 4.79 Å². The van der Waals surface area contributed by atoms with Crippen molar-refractivity contribution >= 4 is 23.5 Å². The Morgan fingerprint density at radius 1 is 1.62 bits per heavy atom. The highest BCUT2D eigenvalue weighted by atomic mass is 32.2. The largest absolute Gasteiger partial charge is 0.347 e. The Morgan fingerprint density at radius 3 is 3.00 bits per heavy atom. The van der Waals surface area contributed by atoms with Gasteiger partial charge >= 0.3 is 0 Å². The van der Waals surface area contributed by atoms with E-state index in [0.29, 0.717) is 5.82 Å². The van der Waals surface area contributed by atoms with Crippen LogP contribution >= 0.6 is 11.8 Å². The zero-order chi connectivity index (χ0) is 12.0. The SMILES string of the molecule is CSCC(C)NC(=O)c1cncc(NN)n1. The molecule has 88 valence electrons. The van der Waals surface area contributed by atoms with Crippen molar-refractivity contribution in [3.63, 3.8) is 0 Å². The number of hydrogen-bond donors (Lipinski definition) is 3. The first kappa shape index (κ1) is 12.7. The number of carbonyl (C=O) groups excluding carboxylic acids is 1. The Labute approximate surface area is 98.4 Å². The average Bonchev–Trinajstić information content (AvgIpc) is 2.29. The first-order chi connectivity index (χ1) is 7.67. The minimum absolute atomic E-state index is 0.0961. The van der Waals surface area contributed by atoms with Crippen molar-refractivity contribution < 1.29 is 4.79 Å². The molecule has 1 heterocycles. The van der Waals surface area contributed by atoms with Crippen LogP contribution in [-0.4, -0.2) is 33.9 Å². The third-order valence-corrected chi connectivity index (χ3v) is 2.64. The predicted molar refractivity (Wildman–Crippen MR) is 65.2 cm³/mol. The van der Waals surface area contributed by atoms with E-state index in [0.717, 1.165) is 5.75 Å². The van der Waals surface area contributed by atoms with Gasteiger partial charge < -0.3 is 10.7 Å². The van der Waals surface area contributed by atoms with Crippen LogP contribution in [0.15, 0.2) is 12.4 Å². The number of thioether (sulfide) groups is 1. The van der Waals surface area contributed by atoms with E-state index in [1.807, 2.05) is 13.2 Å². The van der Waals surface area contributed by atoms with E-state index < -0.39 is 0 Å². The molecule has 0 radical (unpaired) electrons. The van der Waals surface area contributed by atoms with Crippen LogP contribution in [0.2, 0.25) is 0 Å². The normalized spacial score (nSPS) is 11.9. The molecule has 1 rings (SSSR count). The molecule has 0 bridgehead atoms. The van der Waals surface area contributed by atoms with Gasteiger partial charge in [0, 0.05) is 11.8 Å². The van der Waals surface area contributed by atoms with Gasteiger partial charge in [0.15, 0.2) is 5.82 Å². The maximum Gasteiger partial charge on any atom is 0.271 e. The van der Waals surface area contributed by atoms with Gasteiger partial charge in [-0.25, -0.2) is 10.8 Å². The number of hydrogen-bond acceptors (Lipinski definition) is 6. The summed E-state index contributed by atoms with van der Waals surface area (Å²) in [4.78, 5) is 19.6. The molecule has 1 unspecified atom stereocenters. The molecule has 4 N–H and O–H groups in total. The lowest BCUT2D eigenvalue weighted by Crippen LogP contribution is -2.34. The van der Waals surface area contributed by atoms with E-state index in [1.54, 1.807) is 11.8 Å². The molecule has 0 aliphatic rings. The van der Waals surface area contributed by atoms with Crippen molar-refractivity contribution in [2.24, 2.45) is 5.84 Å². The summed E-state index contributed by atoms with van der Waals surface area (Å²) in [5, 5.41) is 2.82. The lowest BCUT2D eigenvalue weighted by Gasteiger charge is -2.11. The number of carbonyl (C=O) groups is 1. The number of amides is 1. The fraction of sp³-hybridized carbons (Fsp3) is 0.444. The summed E-state index contributed by atoms with van der Waals surface area (Å²) in [7, 11) is 0. The van der Waals surface area contributed by atoms with E-state index in [1.165, 1.54) is 12.4 Å². The molecule has 0 aliphatic carbocycles. The second-order valence-corrected chi connectivity index (χ2v) is 4.17. The third-order valence-electron chi connectivity index (χ3n) is 1.81. The fourth-order valence-corrected chi connectivity index (χ4v) is 1.72. The van der Waals surface area contributed by atoms with Gasteiger partial charge in [0.05, 0.1) is 12.4 Å². The highest BCUT2D eigenvalue weighted by Gasteiger charge is 2.11. The molecule has 0 aromatic carbocycles. The molecule has 0 spiro atoms. The number of nitrogens with two attached hydrogens (primary N) is 1. The molecule has 0 saturated carbocycles. The molecule has 0 aliphatic heterocycles. The summed E-state index contributed by atoms with van der Waals surface area (Å²) in [5.74, 6) is 6.16. The molecule has 0 fully saturated rings. The summed E-state index contributed by atoms with van der Waals surface area (Å²) < 4.78 is 0. The average molecular weight is 241 g/mol. The molecule has 1 amide bonds. The van der Waals surface area contributed by atoms with E-state index >= 15 is 0 Å². The number of hydrazine groups is 1. The maximum atomic E-state index is 11.7. The van der Waals surface area contributed by atoms with Crippen LogP contribution in [0.1, 0.15) is 17.4 Å². The van der Waals surface area contributed by atoms with Crippen LogP contribution in [-0.2, 0) is 0 Å². The van der Waals surface area contributed by atoms with Gasteiger partial charge in [-0.15, -0.1) is 0 Å². The molecule has 6 nitrogen and oxygen atoms in total. The number of nitrogens with zero attached hydrogens (tertiary/aromatic N) is 2. The molecule has 1 aromatic heterocycles. The Morgan fingerprint density at radius 2 is 2.38 bits per heavy atom. The Balaban J connectivity index is 2.65. The highest BCUT2D eigenvalue weighted by molar-refractivity contribution is 7.98. The van der Waals surface area contributed by atoms with Gasteiger partial charge in [-0.05, 0) is 13.2 Å². The summed E-state index contributed by atoms with van der Waals surface area (Å²) >= 11 is 1.67. The van der Waals surface area contributed by atoms with Crippen molar-refractivity contribution in [2.75, 3.05) is 17.4 Å². The van der Waals surface area contributed by atoms with Crippen LogP contribution < -0.4 is 16.6 Å². The van der Waals surface area contributed by atoms with Crippen molar-refractivity contribution in [3.05, 3.63) is 18.1 Å². The van der Waals surface area contributed by atoms with E-state index in [4.69, 9.17) is 5.84 Å². The quantitative estimate of drug-likeness (QED) is 0.505. The molecule has 16 heavy (non-hydrogen) atoms. The van der Waals surface area contributed by atoms with E-state index in [-0.39, 0.29) is 17.6 Å². The standard InChI is InChI=1S/C9H15N5OS/c1-6(5-16-2)12-9(15)7-3-11-4-8(13-7)14-10/h3-4,6H,5,10H2,1-2H3,(H,12,15)(H,13,14). The number of nitrogens with one attached hydrogen (secondary N) is 2. The third kappa shape index (κ3) is 3.67. The van der Waals surface area contributed by atoms with Gasteiger partial charge in [0.25, 0.3) is 5.91 Å². The van der Waals surface area contributed by atoms with E-state index in [2.05, 4.69) is 20.7 Å².